The molecular formula is C18H16N2O2. The quantitative estimate of drug-likeness (QED) is 0.724. The second kappa shape index (κ2) is 5.77. The van der Waals surface area contributed by atoms with Crippen LogP contribution in [0.2, 0.25) is 0 Å². The van der Waals surface area contributed by atoms with E-state index in [9.17, 15) is 4.79 Å². The number of hydrogen-bond donors (Lipinski definition) is 2. The summed E-state index contributed by atoms with van der Waals surface area (Å²) in [5.41, 5.74) is 7.59. The number of benzene rings is 3. The van der Waals surface area contributed by atoms with Crippen molar-refractivity contribution in [3.63, 3.8) is 0 Å². The summed E-state index contributed by atoms with van der Waals surface area (Å²) < 4.78 is 5.17. The van der Waals surface area contributed by atoms with Crippen molar-refractivity contribution in [2.24, 2.45) is 0 Å². The Hall–Kier alpha value is -3.01. The van der Waals surface area contributed by atoms with Gasteiger partial charge in [-0.05, 0) is 29.0 Å². The normalized spacial score (nSPS) is 10.4. The van der Waals surface area contributed by atoms with Crippen molar-refractivity contribution in [2.45, 2.75) is 0 Å². The van der Waals surface area contributed by atoms with Crippen LogP contribution in [0.25, 0.3) is 10.8 Å². The number of anilines is 2. The van der Waals surface area contributed by atoms with E-state index in [-0.39, 0.29) is 5.91 Å². The van der Waals surface area contributed by atoms with Crippen LogP contribution in [0, 0.1) is 0 Å². The number of nitrogen functional groups attached to an aromatic ring is 1. The molecule has 0 unspecified atom stereocenters. The summed E-state index contributed by atoms with van der Waals surface area (Å²) in [6.45, 7) is 0. The number of fused-ring (bicyclic) bond motifs is 1. The fraction of sp³-hybridized carbons (Fsp3) is 0.0556. The summed E-state index contributed by atoms with van der Waals surface area (Å²) in [5, 5.41) is 4.83. The molecule has 3 rings (SSSR count). The Labute approximate surface area is 128 Å². The van der Waals surface area contributed by atoms with Crippen LogP contribution in [0.5, 0.6) is 5.75 Å². The largest absolute Gasteiger partial charge is 0.495 e. The van der Waals surface area contributed by atoms with E-state index < -0.39 is 0 Å². The van der Waals surface area contributed by atoms with Crippen molar-refractivity contribution in [1.82, 2.24) is 0 Å². The third kappa shape index (κ3) is 2.59. The topological polar surface area (TPSA) is 64.3 Å². The van der Waals surface area contributed by atoms with Crippen LogP contribution in [-0.4, -0.2) is 13.0 Å². The van der Waals surface area contributed by atoms with E-state index in [0.717, 1.165) is 10.8 Å². The van der Waals surface area contributed by atoms with Gasteiger partial charge in [-0.15, -0.1) is 0 Å². The zero-order chi connectivity index (χ0) is 15.5. The van der Waals surface area contributed by atoms with E-state index in [1.54, 1.807) is 25.3 Å². The monoisotopic (exact) mass is 292 g/mol. The molecule has 0 saturated carbocycles. The molecule has 4 nitrogen and oxygen atoms in total. The van der Waals surface area contributed by atoms with E-state index in [2.05, 4.69) is 5.32 Å². The lowest BCUT2D eigenvalue weighted by Gasteiger charge is -2.10. The smallest absolute Gasteiger partial charge is 0.256 e. The molecule has 0 spiro atoms. The lowest BCUT2D eigenvalue weighted by molar-refractivity contribution is 0.102. The molecule has 0 atom stereocenters. The first kappa shape index (κ1) is 13.9. The van der Waals surface area contributed by atoms with E-state index in [4.69, 9.17) is 10.5 Å². The van der Waals surface area contributed by atoms with E-state index >= 15 is 0 Å². The number of amides is 1. The number of methoxy groups -OCH3 is 1. The van der Waals surface area contributed by atoms with Gasteiger partial charge in [-0.3, -0.25) is 4.79 Å². The van der Waals surface area contributed by atoms with Crippen molar-refractivity contribution in [3.8, 4) is 5.75 Å². The minimum atomic E-state index is -0.163. The van der Waals surface area contributed by atoms with Crippen LogP contribution < -0.4 is 15.8 Å². The zero-order valence-corrected chi connectivity index (χ0v) is 12.2. The SMILES string of the molecule is COc1cc(NC(=O)c2cccc3ccccc23)ccc1N. The van der Waals surface area contributed by atoms with Crippen molar-refractivity contribution < 1.29 is 9.53 Å². The molecule has 0 aliphatic rings. The molecule has 0 saturated heterocycles. The maximum Gasteiger partial charge on any atom is 0.256 e. The molecular weight excluding hydrogens is 276 g/mol. The summed E-state index contributed by atoms with van der Waals surface area (Å²) in [6, 6.07) is 18.6. The number of rotatable bonds is 3. The first-order chi connectivity index (χ1) is 10.7. The highest BCUT2D eigenvalue weighted by molar-refractivity contribution is 6.13. The van der Waals surface area contributed by atoms with E-state index in [1.165, 1.54) is 0 Å². The number of ether oxygens (including phenoxy) is 1. The molecule has 0 bridgehead atoms. The predicted molar refractivity (Wildman–Crippen MR) is 89.3 cm³/mol. The van der Waals surface area contributed by atoms with Crippen LogP contribution in [0.15, 0.2) is 60.7 Å². The third-order valence-corrected chi connectivity index (χ3v) is 3.53. The van der Waals surface area contributed by atoms with Crippen LogP contribution in [-0.2, 0) is 0 Å². The van der Waals surface area contributed by atoms with Gasteiger partial charge in [0.15, 0.2) is 0 Å². The Kier molecular flexibility index (Phi) is 3.66. The Morgan fingerprint density at radius 3 is 2.64 bits per heavy atom. The van der Waals surface area contributed by atoms with Gasteiger partial charge in [-0.25, -0.2) is 0 Å². The maximum atomic E-state index is 12.5. The number of carbonyl (C=O) groups excluding carboxylic acids is 1. The summed E-state index contributed by atoms with van der Waals surface area (Å²) in [4.78, 5) is 12.5. The molecule has 0 heterocycles. The number of carbonyl (C=O) groups is 1. The van der Waals surface area contributed by atoms with Gasteiger partial charge in [0.1, 0.15) is 5.75 Å². The average Bonchev–Trinajstić information content (AvgIpc) is 2.56. The van der Waals surface area contributed by atoms with Gasteiger partial charge in [0, 0.05) is 17.3 Å². The second-order valence-electron chi connectivity index (χ2n) is 4.94. The summed E-state index contributed by atoms with van der Waals surface area (Å²) >= 11 is 0. The highest BCUT2D eigenvalue weighted by Crippen LogP contribution is 2.26. The molecule has 0 aliphatic carbocycles. The predicted octanol–water partition coefficient (Wildman–Crippen LogP) is 3.68. The van der Waals surface area contributed by atoms with Gasteiger partial charge in [0.25, 0.3) is 5.91 Å². The Bertz CT molecular complexity index is 838. The molecule has 0 aromatic heterocycles. The minimum absolute atomic E-state index is 0.163. The fourth-order valence-corrected chi connectivity index (χ4v) is 2.41. The summed E-state index contributed by atoms with van der Waals surface area (Å²) in [7, 11) is 1.54. The fourth-order valence-electron chi connectivity index (χ4n) is 2.41. The first-order valence-corrected chi connectivity index (χ1v) is 6.91. The van der Waals surface area contributed by atoms with Crippen molar-refractivity contribution in [3.05, 3.63) is 66.2 Å². The average molecular weight is 292 g/mol. The molecule has 22 heavy (non-hydrogen) atoms. The number of hydrogen-bond acceptors (Lipinski definition) is 3. The molecule has 110 valence electrons. The number of nitrogens with one attached hydrogen (secondary N) is 1. The van der Waals surface area contributed by atoms with Gasteiger partial charge >= 0.3 is 0 Å². The highest BCUT2D eigenvalue weighted by atomic mass is 16.5. The van der Waals surface area contributed by atoms with Crippen molar-refractivity contribution in [1.29, 1.82) is 0 Å². The third-order valence-electron chi connectivity index (χ3n) is 3.53. The van der Waals surface area contributed by atoms with Gasteiger partial charge in [0.2, 0.25) is 0 Å². The molecule has 1 amide bonds. The number of nitrogens with two attached hydrogens (primary N) is 1. The van der Waals surface area contributed by atoms with Crippen molar-refractivity contribution >= 4 is 28.1 Å². The van der Waals surface area contributed by atoms with Crippen LogP contribution in [0.1, 0.15) is 10.4 Å². The first-order valence-electron chi connectivity index (χ1n) is 6.91. The molecule has 4 heteroatoms. The van der Waals surface area contributed by atoms with Gasteiger partial charge in [-0.2, -0.15) is 0 Å². The molecule has 0 radical (unpaired) electrons. The summed E-state index contributed by atoms with van der Waals surface area (Å²) in [6.07, 6.45) is 0. The molecule has 3 aromatic carbocycles. The Morgan fingerprint density at radius 1 is 1.05 bits per heavy atom. The van der Waals surface area contributed by atoms with E-state index in [0.29, 0.717) is 22.7 Å². The lowest BCUT2D eigenvalue weighted by Crippen LogP contribution is -2.12. The van der Waals surface area contributed by atoms with Gasteiger partial charge in [0.05, 0.1) is 12.8 Å². The highest BCUT2D eigenvalue weighted by Gasteiger charge is 2.11. The Morgan fingerprint density at radius 2 is 1.82 bits per heavy atom. The Balaban J connectivity index is 1.94. The maximum absolute atomic E-state index is 12.5. The zero-order valence-electron chi connectivity index (χ0n) is 12.2. The molecule has 0 aliphatic heterocycles. The minimum Gasteiger partial charge on any atom is -0.495 e. The lowest BCUT2D eigenvalue weighted by atomic mass is 10.0. The van der Waals surface area contributed by atoms with Crippen LogP contribution in [0.3, 0.4) is 0 Å². The summed E-state index contributed by atoms with van der Waals surface area (Å²) in [5.74, 6) is 0.374. The second-order valence-corrected chi connectivity index (χ2v) is 4.94. The standard InChI is InChI=1S/C18H16N2O2/c1-22-17-11-13(9-10-16(17)19)20-18(21)15-8-4-6-12-5-2-3-7-14(12)15/h2-11H,19H2,1H3,(H,20,21). The van der Waals surface area contributed by atoms with E-state index in [1.807, 2.05) is 42.5 Å². The molecule has 3 aromatic rings. The van der Waals surface area contributed by atoms with Crippen molar-refractivity contribution in [2.75, 3.05) is 18.2 Å². The van der Waals surface area contributed by atoms with Gasteiger partial charge in [-0.1, -0.05) is 36.4 Å². The van der Waals surface area contributed by atoms with Crippen LogP contribution >= 0.6 is 0 Å². The molecule has 0 fully saturated rings. The molecule has 3 N–H and O–H groups in total. The van der Waals surface area contributed by atoms with Gasteiger partial charge < -0.3 is 15.8 Å². The van der Waals surface area contributed by atoms with Crippen LogP contribution in [0.4, 0.5) is 11.4 Å².